The van der Waals surface area contributed by atoms with E-state index in [-0.39, 0.29) is 5.97 Å². The summed E-state index contributed by atoms with van der Waals surface area (Å²) in [4.78, 5) is 11.5. The molecule has 0 bridgehead atoms. The summed E-state index contributed by atoms with van der Waals surface area (Å²) in [7, 11) is 0. The standard InChI is InChI=1S/C9H16FNO2/c1-2-13-8(12)9(7-10)3-5-11-6-4-9/h11H,2-7H2,1H3. The highest BCUT2D eigenvalue weighted by atomic mass is 19.1. The summed E-state index contributed by atoms with van der Waals surface area (Å²) < 4.78 is 17.6. The number of piperidine rings is 1. The van der Waals surface area contributed by atoms with Gasteiger partial charge in [0.2, 0.25) is 0 Å². The highest BCUT2D eigenvalue weighted by Gasteiger charge is 2.41. The molecule has 1 fully saturated rings. The van der Waals surface area contributed by atoms with Crippen molar-refractivity contribution in [2.75, 3.05) is 26.4 Å². The number of hydrogen-bond donors (Lipinski definition) is 1. The number of esters is 1. The van der Waals surface area contributed by atoms with Crippen LogP contribution in [0.25, 0.3) is 0 Å². The van der Waals surface area contributed by atoms with Crippen LogP contribution in [0, 0.1) is 5.41 Å². The maximum Gasteiger partial charge on any atom is 0.314 e. The Morgan fingerprint density at radius 3 is 2.62 bits per heavy atom. The smallest absolute Gasteiger partial charge is 0.314 e. The predicted octanol–water partition coefficient (Wildman–Crippen LogP) is 0.889. The minimum atomic E-state index is -0.860. The quantitative estimate of drug-likeness (QED) is 0.670. The number of alkyl halides is 1. The highest BCUT2D eigenvalue weighted by molar-refractivity contribution is 5.77. The number of hydrogen-bond acceptors (Lipinski definition) is 3. The minimum Gasteiger partial charge on any atom is -0.465 e. The van der Waals surface area contributed by atoms with Gasteiger partial charge in [-0.25, -0.2) is 4.39 Å². The lowest BCUT2D eigenvalue weighted by molar-refractivity contribution is -0.158. The van der Waals surface area contributed by atoms with Gasteiger partial charge in [-0.05, 0) is 32.9 Å². The molecule has 0 unspecified atom stereocenters. The van der Waals surface area contributed by atoms with Gasteiger partial charge in [0.05, 0.1) is 12.0 Å². The first-order valence-electron chi connectivity index (χ1n) is 4.69. The lowest BCUT2D eigenvalue weighted by atomic mass is 9.80. The first-order valence-corrected chi connectivity index (χ1v) is 4.69. The number of carbonyl (C=O) groups excluding carboxylic acids is 1. The SMILES string of the molecule is CCOC(=O)C1(CF)CCNCC1. The van der Waals surface area contributed by atoms with Crippen LogP contribution in [-0.4, -0.2) is 32.3 Å². The van der Waals surface area contributed by atoms with Crippen LogP contribution in [-0.2, 0) is 9.53 Å². The van der Waals surface area contributed by atoms with Crippen LogP contribution in [0.5, 0.6) is 0 Å². The number of rotatable bonds is 3. The summed E-state index contributed by atoms with van der Waals surface area (Å²) in [5.41, 5.74) is -0.860. The van der Waals surface area contributed by atoms with Crippen LogP contribution in [0.3, 0.4) is 0 Å². The molecule has 0 saturated carbocycles. The Morgan fingerprint density at radius 2 is 2.15 bits per heavy atom. The molecule has 1 saturated heterocycles. The van der Waals surface area contributed by atoms with E-state index < -0.39 is 12.1 Å². The molecular formula is C9H16FNO2. The van der Waals surface area contributed by atoms with E-state index in [1.807, 2.05) is 0 Å². The zero-order chi connectivity index (χ0) is 9.73. The van der Waals surface area contributed by atoms with Gasteiger partial charge in [0, 0.05) is 0 Å². The van der Waals surface area contributed by atoms with Gasteiger partial charge < -0.3 is 10.1 Å². The topological polar surface area (TPSA) is 38.3 Å². The number of carbonyl (C=O) groups is 1. The van der Waals surface area contributed by atoms with Crippen molar-refractivity contribution < 1.29 is 13.9 Å². The van der Waals surface area contributed by atoms with Crippen LogP contribution in [0.4, 0.5) is 4.39 Å². The normalized spacial score (nSPS) is 21.1. The van der Waals surface area contributed by atoms with Gasteiger partial charge >= 0.3 is 5.97 Å². The van der Waals surface area contributed by atoms with Crippen molar-refractivity contribution in [3.63, 3.8) is 0 Å². The summed E-state index contributed by atoms with van der Waals surface area (Å²) in [6.45, 7) is 2.86. The molecule has 0 aliphatic carbocycles. The predicted molar refractivity (Wildman–Crippen MR) is 47.1 cm³/mol. The first kappa shape index (κ1) is 10.4. The Balaban J connectivity index is 2.61. The van der Waals surface area contributed by atoms with Crippen molar-refractivity contribution in [2.45, 2.75) is 19.8 Å². The lowest BCUT2D eigenvalue weighted by Crippen LogP contribution is -2.44. The van der Waals surface area contributed by atoms with E-state index in [0.717, 1.165) is 0 Å². The third kappa shape index (κ3) is 2.18. The monoisotopic (exact) mass is 189 g/mol. The van der Waals surface area contributed by atoms with Gasteiger partial charge in [-0.2, -0.15) is 0 Å². The summed E-state index contributed by atoms with van der Waals surface area (Å²) in [6.07, 6.45) is 1.09. The fourth-order valence-corrected chi connectivity index (χ4v) is 1.58. The summed E-state index contributed by atoms with van der Waals surface area (Å²) in [6, 6.07) is 0. The fraction of sp³-hybridized carbons (Fsp3) is 0.889. The molecule has 0 aromatic heterocycles. The van der Waals surface area contributed by atoms with Crippen molar-refractivity contribution >= 4 is 5.97 Å². The van der Waals surface area contributed by atoms with Gasteiger partial charge in [0.1, 0.15) is 6.67 Å². The molecule has 13 heavy (non-hydrogen) atoms. The van der Waals surface area contributed by atoms with Gasteiger partial charge in [-0.15, -0.1) is 0 Å². The van der Waals surface area contributed by atoms with E-state index in [1.165, 1.54) is 0 Å². The molecule has 76 valence electrons. The van der Waals surface area contributed by atoms with Crippen molar-refractivity contribution in [1.29, 1.82) is 0 Å². The summed E-state index contributed by atoms with van der Waals surface area (Å²) >= 11 is 0. The Bertz CT molecular complexity index is 178. The zero-order valence-electron chi connectivity index (χ0n) is 7.94. The van der Waals surface area contributed by atoms with Crippen LogP contribution in [0.1, 0.15) is 19.8 Å². The third-order valence-electron chi connectivity index (χ3n) is 2.52. The second-order valence-electron chi connectivity index (χ2n) is 3.38. The van der Waals surface area contributed by atoms with E-state index in [1.54, 1.807) is 6.92 Å². The molecule has 0 amide bonds. The molecule has 3 nitrogen and oxygen atoms in total. The lowest BCUT2D eigenvalue weighted by Gasteiger charge is -2.32. The van der Waals surface area contributed by atoms with Crippen LogP contribution < -0.4 is 5.32 Å². The van der Waals surface area contributed by atoms with E-state index in [9.17, 15) is 9.18 Å². The maximum atomic E-state index is 12.8. The van der Waals surface area contributed by atoms with Crippen LogP contribution in [0.2, 0.25) is 0 Å². The number of nitrogens with one attached hydrogen (secondary N) is 1. The fourth-order valence-electron chi connectivity index (χ4n) is 1.58. The average molecular weight is 189 g/mol. The van der Waals surface area contributed by atoms with Gasteiger partial charge in [-0.3, -0.25) is 4.79 Å². The first-order chi connectivity index (χ1) is 6.25. The molecule has 0 aromatic carbocycles. The van der Waals surface area contributed by atoms with Crippen LogP contribution >= 0.6 is 0 Å². The average Bonchev–Trinajstić information content (AvgIpc) is 2.19. The summed E-state index contributed by atoms with van der Waals surface area (Å²) in [5.74, 6) is -0.376. The molecule has 0 aromatic rings. The Morgan fingerprint density at radius 1 is 1.54 bits per heavy atom. The molecule has 1 aliphatic heterocycles. The molecule has 0 radical (unpaired) electrons. The van der Waals surface area contributed by atoms with Crippen molar-refractivity contribution in [1.82, 2.24) is 5.32 Å². The van der Waals surface area contributed by atoms with E-state index in [2.05, 4.69) is 5.32 Å². The molecule has 0 spiro atoms. The molecule has 1 heterocycles. The minimum absolute atomic E-state index is 0.327. The largest absolute Gasteiger partial charge is 0.465 e. The van der Waals surface area contributed by atoms with Crippen molar-refractivity contribution in [2.24, 2.45) is 5.41 Å². The zero-order valence-corrected chi connectivity index (χ0v) is 7.94. The molecular weight excluding hydrogens is 173 g/mol. The van der Waals surface area contributed by atoms with Crippen molar-refractivity contribution in [3.8, 4) is 0 Å². The van der Waals surface area contributed by atoms with E-state index >= 15 is 0 Å². The maximum absolute atomic E-state index is 12.8. The Kier molecular flexibility index (Phi) is 3.66. The van der Waals surface area contributed by atoms with Gasteiger partial charge in [0.15, 0.2) is 0 Å². The van der Waals surface area contributed by atoms with Crippen molar-refractivity contribution in [3.05, 3.63) is 0 Å². The third-order valence-corrected chi connectivity index (χ3v) is 2.52. The molecule has 1 rings (SSSR count). The summed E-state index contributed by atoms with van der Waals surface area (Å²) in [5, 5.41) is 3.10. The van der Waals surface area contributed by atoms with Crippen LogP contribution in [0.15, 0.2) is 0 Å². The van der Waals surface area contributed by atoms with Gasteiger partial charge in [0.25, 0.3) is 0 Å². The Hall–Kier alpha value is -0.640. The number of halogens is 1. The molecule has 1 aliphatic rings. The van der Waals surface area contributed by atoms with E-state index in [4.69, 9.17) is 4.74 Å². The van der Waals surface area contributed by atoms with E-state index in [0.29, 0.717) is 32.5 Å². The second-order valence-corrected chi connectivity index (χ2v) is 3.38. The molecule has 0 atom stereocenters. The highest BCUT2D eigenvalue weighted by Crippen LogP contribution is 2.30. The Labute approximate surface area is 77.6 Å². The molecule has 4 heteroatoms. The second kappa shape index (κ2) is 4.56. The molecule has 1 N–H and O–H groups in total. The van der Waals surface area contributed by atoms with Gasteiger partial charge in [-0.1, -0.05) is 0 Å². The number of ether oxygens (including phenoxy) is 1.